The van der Waals surface area contributed by atoms with Gasteiger partial charge in [-0.1, -0.05) is 23.8 Å². The quantitative estimate of drug-likeness (QED) is 0.860. The van der Waals surface area contributed by atoms with Gasteiger partial charge in [0.2, 0.25) is 0 Å². The minimum atomic E-state index is 0.0957. The van der Waals surface area contributed by atoms with Gasteiger partial charge in [-0.15, -0.1) is 0 Å². The summed E-state index contributed by atoms with van der Waals surface area (Å²) in [5.74, 6) is 0. The molecule has 1 aromatic rings. The molecule has 3 heteroatoms. The van der Waals surface area contributed by atoms with Crippen LogP contribution in [0.15, 0.2) is 18.2 Å². The van der Waals surface area contributed by atoms with Crippen molar-refractivity contribution in [1.82, 2.24) is 9.80 Å². The van der Waals surface area contributed by atoms with E-state index in [0.29, 0.717) is 6.04 Å². The van der Waals surface area contributed by atoms with Crippen molar-refractivity contribution < 1.29 is 0 Å². The summed E-state index contributed by atoms with van der Waals surface area (Å²) in [6.07, 6.45) is 0. The van der Waals surface area contributed by atoms with Crippen molar-refractivity contribution in [3.63, 3.8) is 0 Å². The first-order valence-corrected chi connectivity index (χ1v) is 6.70. The highest BCUT2D eigenvalue weighted by Gasteiger charge is 2.29. The molecule has 1 heterocycles. The van der Waals surface area contributed by atoms with E-state index in [1.807, 2.05) is 0 Å². The van der Waals surface area contributed by atoms with Gasteiger partial charge >= 0.3 is 0 Å². The number of nitrogens with two attached hydrogens (primary N) is 1. The molecule has 100 valence electrons. The third-order valence-corrected chi connectivity index (χ3v) is 4.10. The van der Waals surface area contributed by atoms with E-state index in [1.165, 1.54) is 16.7 Å². The lowest BCUT2D eigenvalue weighted by atomic mass is 9.93. The first-order valence-electron chi connectivity index (χ1n) is 6.70. The van der Waals surface area contributed by atoms with Crippen molar-refractivity contribution in [3.8, 4) is 0 Å². The number of aryl methyl sites for hydroxylation is 2. The Morgan fingerprint density at radius 1 is 1.22 bits per heavy atom. The van der Waals surface area contributed by atoms with Crippen LogP contribution in [0.3, 0.4) is 0 Å². The summed E-state index contributed by atoms with van der Waals surface area (Å²) in [4.78, 5) is 4.76. The molecule has 1 saturated heterocycles. The highest BCUT2D eigenvalue weighted by Crippen LogP contribution is 2.24. The Morgan fingerprint density at radius 2 is 1.94 bits per heavy atom. The molecular formula is C15H25N3. The molecule has 2 atom stereocenters. The van der Waals surface area contributed by atoms with Crippen molar-refractivity contribution in [3.05, 3.63) is 34.9 Å². The second-order valence-corrected chi connectivity index (χ2v) is 5.70. The molecule has 1 fully saturated rings. The number of rotatable bonds is 2. The van der Waals surface area contributed by atoms with Gasteiger partial charge in [0.15, 0.2) is 0 Å². The van der Waals surface area contributed by atoms with Crippen molar-refractivity contribution in [1.29, 1.82) is 0 Å². The first-order chi connectivity index (χ1) is 8.49. The number of hydrogen-bond acceptors (Lipinski definition) is 3. The minimum Gasteiger partial charge on any atom is -0.323 e. The summed E-state index contributed by atoms with van der Waals surface area (Å²) in [5.41, 5.74) is 10.4. The van der Waals surface area contributed by atoms with Crippen LogP contribution in [0.1, 0.15) is 22.7 Å². The maximum atomic E-state index is 6.50. The van der Waals surface area contributed by atoms with E-state index in [-0.39, 0.29) is 6.04 Å². The molecule has 0 saturated carbocycles. The van der Waals surface area contributed by atoms with Crippen molar-refractivity contribution in [2.45, 2.75) is 25.9 Å². The van der Waals surface area contributed by atoms with E-state index in [4.69, 9.17) is 5.73 Å². The second kappa shape index (κ2) is 5.39. The van der Waals surface area contributed by atoms with Gasteiger partial charge in [-0.25, -0.2) is 0 Å². The average molecular weight is 247 g/mol. The molecule has 0 aliphatic carbocycles. The third-order valence-electron chi connectivity index (χ3n) is 4.10. The zero-order valence-electron chi connectivity index (χ0n) is 12.0. The van der Waals surface area contributed by atoms with Crippen LogP contribution in [0.2, 0.25) is 0 Å². The van der Waals surface area contributed by atoms with Crippen molar-refractivity contribution in [2.75, 3.05) is 33.7 Å². The number of nitrogens with zero attached hydrogens (tertiary/aromatic N) is 2. The van der Waals surface area contributed by atoms with Crippen molar-refractivity contribution >= 4 is 0 Å². The topological polar surface area (TPSA) is 32.5 Å². The molecule has 18 heavy (non-hydrogen) atoms. The number of likely N-dealkylation sites (N-methyl/N-ethyl adjacent to an activating group) is 2. The first kappa shape index (κ1) is 13.5. The molecule has 2 unspecified atom stereocenters. The van der Waals surface area contributed by atoms with Crippen LogP contribution >= 0.6 is 0 Å². The van der Waals surface area contributed by atoms with Gasteiger partial charge < -0.3 is 10.6 Å². The van der Waals surface area contributed by atoms with Crippen LogP contribution in [0.25, 0.3) is 0 Å². The molecule has 0 amide bonds. The molecular weight excluding hydrogens is 222 g/mol. The summed E-state index contributed by atoms with van der Waals surface area (Å²) < 4.78 is 0. The largest absolute Gasteiger partial charge is 0.323 e. The molecule has 0 radical (unpaired) electrons. The fourth-order valence-electron chi connectivity index (χ4n) is 2.84. The fraction of sp³-hybridized carbons (Fsp3) is 0.600. The Morgan fingerprint density at radius 3 is 2.61 bits per heavy atom. The SMILES string of the molecule is Cc1ccc(C(N)C2CN(C)CCN2C)c(C)c1. The highest BCUT2D eigenvalue weighted by atomic mass is 15.3. The van der Waals surface area contributed by atoms with E-state index < -0.39 is 0 Å². The van der Waals surface area contributed by atoms with Gasteiger partial charge in [0.25, 0.3) is 0 Å². The predicted molar refractivity (Wildman–Crippen MR) is 76.8 cm³/mol. The van der Waals surface area contributed by atoms with Gasteiger partial charge in [-0.2, -0.15) is 0 Å². The van der Waals surface area contributed by atoms with Gasteiger partial charge in [-0.05, 0) is 39.1 Å². The van der Waals surface area contributed by atoms with Crippen LogP contribution < -0.4 is 5.73 Å². The predicted octanol–water partition coefficient (Wildman–Crippen LogP) is 1.55. The van der Waals surface area contributed by atoms with E-state index in [9.17, 15) is 0 Å². The average Bonchev–Trinajstić information content (AvgIpc) is 2.31. The molecule has 0 spiro atoms. The summed E-state index contributed by atoms with van der Waals surface area (Å²) >= 11 is 0. The summed E-state index contributed by atoms with van der Waals surface area (Å²) in [6, 6.07) is 7.08. The monoisotopic (exact) mass is 247 g/mol. The lowest BCUT2D eigenvalue weighted by Gasteiger charge is -2.41. The van der Waals surface area contributed by atoms with Gasteiger partial charge in [-0.3, -0.25) is 4.90 Å². The Labute approximate surface area is 111 Å². The number of piperazine rings is 1. The zero-order chi connectivity index (χ0) is 13.3. The maximum absolute atomic E-state index is 6.50. The van der Waals surface area contributed by atoms with Gasteiger partial charge in [0.1, 0.15) is 0 Å². The normalized spacial score (nSPS) is 24.2. The van der Waals surface area contributed by atoms with Crippen LogP contribution in [-0.4, -0.2) is 49.6 Å². The Bertz CT molecular complexity index is 416. The van der Waals surface area contributed by atoms with E-state index in [2.05, 4.69) is 55.9 Å². The molecule has 0 bridgehead atoms. The molecule has 3 nitrogen and oxygen atoms in total. The zero-order valence-corrected chi connectivity index (χ0v) is 12.0. The maximum Gasteiger partial charge on any atom is 0.0468 e. The van der Waals surface area contributed by atoms with Crippen LogP contribution in [0.4, 0.5) is 0 Å². The molecule has 1 aliphatic heterocycles. The van der Waals surface area contributed by atoms with Gasteiger partial charge in [0.05, 0.1) is 0 Å². The smallest absolute Gasteiger partial charge is 0.0468 e. The van der Waals surface area contributed by atoms with Crippen molar-refractivity contribution in [2.24, 2.45) is 5.73 Å². The third kappa shape index (κ3) is 2.74. The van der Waals surface area contributed by atoms with Gasteiger partial charge in [0, 0.05) is 31.7 Å². The molecule has 0 aromatic heterocycles. The fourth-order valence-corrected chi connectivity index (χ4v) is 2.84. The Hall–Kier alpha value is -0.900. The number of benzene rings is 1. The molecule has 1 aliphatic rings. The summed E-state index contributed by atoms with van der Waals surface area (Å²) in [5, 5.41) is 0. The highest BCUT2D eigenvalue weighted by molar-refractivity contribution is 5.33. The Balaban J connectivity index is 2.21. The van der Waals surface area contributed by atoms with Crippen LogP contribution in [0.5, 0.6) is 0 Å². The summed E-state index contributed by atoms with van der Waals surface area (Å²) in [6.45, 7) is 7.56. The van der Waals surface area contributed by atoms with E-state index >= 15 is 0 Å². The van der Waals surface area contributed by atoms with E-state index in [1.54, 1.807) is 0 Å². The molecule has 2 N–H and O–H groups in total. The second-order valence-electron chi connectivity index (χ2n) is 5.70. The number of hydrogen-bond donors (Lipinski definition) is 1. The van der Waals surface area contributed by atoms with Crippen LogP contribution in [-0.2, 0) is 0 Å². The summed E-state index contributed by atoms with van der Waals surface area (Å²) in [7, 11) is 4.36. The van der Waals surface area contributed by atoms with Crippen LogP contribution in [0, 0.1) is 13.8 Å². The molecule has 2 rings (SSSR count). The molecule has 1 aromatic carbocycles. The van der Waals surface area contributed by atoms with E-state index in [0.717, 1.165) is 19.6 Å². The minimum absolute atomic E-state index is 0.0957. The standard InChI is InChI=1S/C15H25N3/c1-11-5-6-13(12(2)9-11)15(16)14-10-17(3)7-8-18(14)4/h5-6,9,14-15H,7-8,10,16H2,1-4H3. The lowest BCUT2D eigenvalue weighted by Crippen LogP contribution is -2.54. The lowest BCUT2D eigenvalue weighted by molar-refractivity contribution is 0.0973. The Kier molecular flexibility index (Phi) is 4.05.